The minimum Gasteiger partial charge on any atom is -0.351 e. The van der Waals surface area contributed by atoms with E-state index in [1.807, 2.05) is 18.4 Å². The summed E-state index contributed by atoms with van der Waals surface area (Å²) in [6.07, 6.45) is 2.02. The smallest absolute Gasteiger partial charge is 0.261 e. The fourth-order valence-electron chi connectivity index (χ4n) is 1.64. The quantitative estimate of drug-likeness (QED) is 0.784. The summed E-state index contributed by atoms with van der Waals surface area (Å²) in [5.41, 5.74) is 1.15. The van der Waals surface area contributed by atoms with Crippen molar-refractivity contribution in [1.29, 1.82) is 0 Å². The number of halogens is 1. The van der Waals surface area contributed by atoms with Crippen molar-refractivity contribution in [3.63, 3.8) is 0 Å². The number of aryl methyl sites for hydroxylation is 1. The van der Waals surface area contributed by atoms with E-state index in [1.165, 1.54) is 11.3 Å². The topological polar surface area (TPSA) is 29.1 Å². The van der Waals surface area contributed by atoms with Crippen LogP contribution in [0.2, 0.25) is 0 Å². The molecule has 0 saturated heterocycles. The van der Waals surface area contributed by atoms with Gasteiger partial charge in [-0.25, -0.2) is 0 Å². The van der Waals surface area contributed by atoms with Gasteiger partial charge in [0.15, 0.2) is 0 Å². The number of thiophene rings is 1. The molecule has 0 aromatic carbocycles. The van der Waals surface area contributed by atoms with Crippen molar-refractivity contribution >= 4 is 28.8 Å². The van der Waals surface area contributed by atoms with Crippen LogP contribution in [0, 0.1) is 12.3 Å². The fraction of sp³-hybridized carbons (Fsp3) is 0.615. The molecular weight excluding hydrogens is 254 g/mol. The van der Waals surface area contributed by atoms with Gasteiger partial charge in [0.1, 0.15) is 0 Å². The van der Waals surface area contributed by atoms with E-state index >= 15 is 0 Å². The van der Waals surface area contributed by atoms with Crippen LogP contribution in [0.5, 0.6) is 0 Å². The molecule has 0 radical (unpaired) electrons. The van der Waals surface area contributed by atoms with E-state index < -0.39 is 0 Å². The third-order valence-corrected chi connectivity index (χ3v) is 4.07. The Morgan fingerprint density at radius 1 is 1.53 bits per heavy atom. The SMILES string of the molecule is Cc1ccsc1C(=O)NCC(C)(C)CCCCl. The predicted molar refractivity (Wildman–Crippen MR) is 75.1 cm³/mol. The Kier molecular flexibility index (Phi) is 5.47. The first kappa shape index (κ1) is 14.5. The van der Waals surface area contributed by atoms with E-state index in [0.717, 1.165) is 23.3 Å². The molecule has 1 rings (SSSR count). The summed E-state index contributed by atoms with van der Waals surface area (Å²) in [6, 6.07) is 1.97. The number of rotatable bonds is 6. The number of alkyl halides is 1. The van der Waals surface area contributed by atoms with Gasteiger partial charge >= 0.3 is 0 Å². The van der Waals surface area contributed by atoms with Gasteiger partial charge in [0, 0.05) is 12.4 Å². The van der Waals surface area contributed by atoms with Crippen molar-refractivity contribution in [2.24, 2.45) is 5.41 Å². The molecule has 1 aromatic heterocycles. The van der Waals surface area contributed by atoms with Gasteiger partial charge in [0.05, 0.1) is 4.88 Å². The minimum atomic E-state index is 0.0384. The van der Waals surface area contributed by atoms with Gasteiger partial charge in [-0.2, -0.15) is 0 Å². The molecule has 0 aliphatic carbocycles. The molecule has 0 unspecified atom stereocenters. The molecule has 0 fully saturated rings. The highest BCUT2D eigenvalue weighted by atomic mass is 35.5. The van der Waals surface area contributed by atoms with E-state index in [0.29, 0.717) is 12.4 Å². The highest BCUT2D eigenvalue weighted by Gasteiger charge is 2.19. The van der Waals surface area contributed by atoms with Crippen molar-refractivity contribution in [3.8, 4) is 0 Å². The Balaban J connectivity index is 2.45. The van der Waals surface area contributed by atoms with E-state index in [1.54, 1.807) is 0 Å². The van der Waals surface area contributed by atoms with Crippen LogP contribution in [-0.2, 0) is 0 Å². The maximum Gasteiger partial charge on any atom is 0.261 e. The second kappa shape index (κ2) is 6.41. The molecule has 0 bridgehead atoms. The normalized spacial score (nSPS) is 11.5. The van der Waals surface area contributed by atoms with E-state index in [4.69, 9.17) is 11.6 Å². The lowest BCUT2D eigenvalue weighted by atomic mass is 9.88. The van der Waals surface area contributed by atoms with E-state index in [2.05, 4.69) is 19.2 Å². The summed E-state index contributed by atoms with van der Waals surface area (Å²) in [5.74, 6) is 0.720. The summed E-state index contributed by atoms with van der Waals surface area (Å²) < 4.78 is 0. The largest absolute Gasteiger partial charge is 0.351 e. The van der Waals surface area contributed by atoms with Crippen LogP contribution in [0.15, 0.2) is 11.4 Å². The molecule has 1 aromatic rings. The molecule has 0 spiro atoms. The molecule has 0 atom stereocenters. The van der Waals surface area contributed by atoms with Gasteiger partial charge in [-0.3, -0.25) is 4.79 Å². The summed E-state index contributed by atoms with van der Waals surface area (Å²) in [6.45, 7) is 6.96. The van der Waals surface area contributed by atoms with Crippen LogP contribution in [-0.4, -0.2) is 18.3 Å². The van der Waals surface area contributed by atoms with Crippen molar-refractivity contribution in [1.82, 2.24) is 5.32 Å². The van der Waals surface area contributed by atoms with Gasteiger partial charge in [-0.1, -0.05) is 13.8 Å². The lowest BCUT2D eigenvalue weighted by molar-refractivity contribution is 0.0938. The molecule has 0 saturated carbocycles. The standard InChI is InChI=1S/C13H20ClNOS/c1-10-5-8-17-11(10)12(16)15-9-13(2,3)6-4-7-14/h5,8H,4,6-7,9H2,1-3H3,(H,15,16). The lowest BCUT2D eigenvalue weighted by Crippen LogP contribution is -2.33. The maximum absolute atomic E-state index is 11.9. The zero-order valence-corrected chi connectivity index (χ0v) is 12.3. The number of nitrogens with one attached hydrogen (secondary N) is 1. The van der Waals surface area contributed by atoms with Crippen LogP contribution >= 0.6 is 22.9 Å². The molecule has 1 N–H and O–H groups in total. The fourth-order valence-corrected chi connectivity index (χ4v) is 2.61. The molecule has 4 heteroatoms. The van der Waals surface area contributed by atoms with Gasteiger partial charge in [-0.15, -0.1) is 22.9 Å². The molecule has 17 heavy (non-hydrogen) atoms. The van der Waals surface area contributed by atoms with Gasteiger partial charge < -0.3 is 5.32 Å². The Labute approximate surface area is 112 Å². The molecule has 2 nitrogen and oxygen atoms in total. The third-order valence-electron chi connectivity index (χ3n) is 2.78. The number of amides is 1. The van der Waals surface area contributed by atoms with Crippen molar-refractivity contribution < 1.29 is 4.79 Å². The van der Waals surface area contributed by atoms with E-state index in [-0.39, 0.29) is 11.3 Å². The number of hydrogen-bond acceptors (Lipinski definition) is 2. The highest BCUT2D eigenvalue weighted by Crippen LogP contribution is 2.22. The van der Waals surface area contributed by atoms with Crippen molar-refractivity contribution in [3.05, 3.63) is 21.9 Å². The second-order valence-corrected chi connectivity index (χ2v) is 6.37. The Morgan fingerprint density at radius 2 is 2.24 bits per heavy atom. The molecule has 0 aliphatic heterocycles. The van der Waals surface area contributed by atoms with Gasteiger partial charge in [0.2, 0.25) is 0 Å². The highest BCUT2D eigenvalue weighted by molar-refractivity contribution is 7.12. The summed E-state index contributed by atoms with van der Waals surface area (Å²) >= 11 is 7.18. The summed E-state index contributed by atoms with van der Waals surface area (Å²) in [7, 11) is 0. The number of carbonyl (C=O) groups is 1. The number of hydrogen-bond donors (Lipinski definition) is 1. The zero-order chi connectivity index (χ0) is 12.9. The monoisotopic (exact) mass is 273 g/mol. The molecular formula is C13H20ClNOS. The first-order valence-corrected chi connectivity index (χ1v) is 7.26. The first-order chi connectivity index (χ1) is 7.96. The Morgan fingerprint density at radius 3 is 2.76 bits per heavy atom. The van der Waals surface area contributed by atoms with Crippen LogP contribution < -0.4 is 5.32 Å². The average molecular weight is 274 g/mol. The van der Waals surface area contributed by atoms with Crippen LogP contribution in [0.25, 0.3) is 0 Å². The van der Waals surface area contributed by atoms with Crippen molar-refractivity contribution in [2.45, 2.75) is 33.6 Å². The zero-order valence-electron chi connectivity index (χ0n) is 10.7. The predicted octanol–water partition coefficient (Wildman–Crippen LogP) is 3.83. The van der Waals surface area contributed by atoms with Crippen LogP contribution in [0.3, 0.4) is 0 Å². The minimum absolute atomic E-state index is 0.0384. The van der Waals surface area contributed by atoms with Crippen molar-refractivity contribution in [2.75, 3.05) is 12.4 Å². The maximum atomic E-state index is 11.9. The van der Waals surface area contributed by atoms with Gasteiger partial charge in [-0.05, 0) is 42.2 Å². The second-order valence-electron chi connectivity index (χ2n) is 5.07. The molecule has 96 valence electrons. The number of carbonyl (C=O) groups excluding carboxylic acids is 1. The molecule has 1 amide bonds. The summed E-state index contributed by atoms with van der Waals surface area (Å²) in [5, 5.41) is 4.95. The Bertz CT molecular complexity index is 373. The summed E-state index contributed by atoms with van der Waals surface area (Å²) in [4.78, 5) is 12.7. The first-order valence-electron chi connectivity index (χ1n) is 5.84. The lowest BCUT2D eigenvalue weighted by Gasteiger charge is -2.24. The van der Waals surface area contributed by atoms with Crippen LogP contribution in [0.1, 0.15) is 41.9 Å². The molecule has 1 heterocycles. The third kappa shape index (κ3) is 4.68. The van der Waals surface area contributed by atoms with Crippen LogP contribution in [0.4, 0.5) is 0 Å². The Hall–Kier alpha value is -0.540. The molecule has 0 aliphatic rings. The van der Waals surface area contributed by atoms with E-state index in [9.17, 15) is 4.79 Å². The van der Waals surface area contributed by atoms with Gasteiger partial charge in [0.25, 0.3) is 5.91 Å². The average Bonchev–Trinajstić information content (AvgIpc) is 2.70.